The third-order valence-corrected chi connectivity index (χ3v) is 3.85. The molecule has 1 aliphatic heterocycles. The lowest BCUT2D eigenvalue weighted by atomic mass is 10.1. The third kappa shape index (κ3) is 2.88. The SMILES string of the molecule is CC(NCCc1cscn1)c1ccc2c(c1)OCO2. The summed E-state index contributed by atoms with van der Waals surface area (Å²) >= 11 is 1.64. The van der Waals surface area contributed by atoms with Crippen molar-refractivity contribution in [2.75, 3.05) is 13.3 Å². The number of ether oxygens (including phenoxy) is 2. The van der Waals surface area contributed by atoms with Crippen LogP contribution in [-0.4, -0.2) is 18.3 Å². The van der Waals surface area contributed by atoms with Crippen molar-refractivity contribution in [2.45, 2.75) is 19.4 Å². The van der Waals surface area contributed by atoms with Gasteiger partial charge in [0.1, 0.15) is 0 Å². The Labute approximate surface area is 116 Å². The summed E-state index contributed by atoms with van der Waals surface area (Å²) in [7, 11) is 0. The van der Waals surface area contributed by atoms with Crippen LogP contribution >= 0.6 is 11.3 Å². The molecule has 0 amide bonds. The van der Waals surface area contributed by atoms with E-state index in [1.165, 1.54) is 5.56 Å². The van der Waals surface area contributed by atoms with Gasteiger partial charge in [-0.1, -0.05) is 6.07 Å². The highest BCUT2D eigenvalue weighted by Crippen LogP contribution is 2.34. The zero-order chi connectivity index (χ0) is 13.1. The van der Waals surface area contributed by atoms with Crippen LogP contribution in [-0.2, 0) is 6.42 Å². The van der Waals surface area contributed by atoms with Crippen molar-refractivity contribution < 1.29 is 9.47 Å². The van der Waals surface area contributed by atoms with Crippen LogP contribution in [0.2, 0.25) is 0 Å². The van der Waals surface area contributed by atoms with Gasteiger partial charge >= 0.3 is 0 Å². The lowest BCUT2D eigenvalue weighted by molar-refractivity contribution is 0.174. The lowest BCUT2D eigenvalue weighted by Crippen LogP contribution is -2.21. The average molecular weight is 276 g/mol. The van der Waals surface area contributed by atoms with E-state index >= 15 is 0 Å². The largest absolute Gasteiger partial charge is 0.454 e. The van der Waals surface area contributed by atoms with Crippen LogP contribution in [0.4, 0.5) is 0 Å². The standard InChI is InChI=1S/C14H16N2O2S/c1-10(15-5-4-12-7-19-8-16-12)11-2-3-13-14(6-11)18-9-17-13/h2-3,6-8,10,15H,4-5,9H2,1H3. The van der Waals surface area contributed by atoms with Crippen molar-refractivity contribution in [3.05, 3.63) is 40.3 Å². The minimum Gasteiger partial charge on any atom is -0.454 e. The van der Waals surface area contributed by atoms with Crippen molar-refractivity contribution in [3.63, 3.8) is 0 Å². The number of hydrogen-bond acceptors (Lipinski definition) is 5. The molecule has 4 nitrogen and oxygen atoms in total. The number of hydrogen-bond donors (Lipinski definition) is 1. The molecule has 5 heteroatoms. The van der Waals surface area contributed by atoms with E-state index in [1.807, 2.05) is 17.6 Å². The molecule has 1 aromatic carbocycles. The summed E-state index contributed by atoms with van der Waals surface area (Å²) in [5.74, 6) is 1.67. The fourth-order valence-electron chi connectivity index (χ4n) is 2.08. The number of fused-ring (bicyclic) bond motifs is 1. The molecule has 3 rings (SSSR count). The number of nitrogens with one attached hydrogen (secondary N) is 1. The van der Waals surface area contributed by atoms with Crippen LogP contribution in [0.1, 0.15) is 24.2 Å². The summed E-state index contributed by atoms with van der Waals surface area (Å²) in [6, 6.07) is 6.38. The first kappa shape index (κ1) is 12.4. The molecule has 1 atom stereocenters. The first-order valence-electron chi connectivity index (χ1n) is 6.33. The first-order chi connectivity index (χ1) is 9.33. The van der Waals surface area contributed by atoms with Gasteiger partial charge in [0, 0.05) is 24.4 Å². The predicted molar refractivity (Wildman–Crippen MR) is 74.8 cm³/mol. The molecular weight excluding hydrogens is 260 g/mol. The molecule has 1 N–H and O–H groups in total. The molecule has 2 aromatic rings. The topological polar surface area (TPSA) is 43.4 Å². The predicted octanol–water partition coefficient (Wildman–Crippen LogP) is 2.77. The fraction of sp³-hybridized carbons (Fsp3) is 0.357. The van der Waals surface area contributed by atoms with Crippen molar-refractivity contribution >= 4 is 11.3 Å². The highest BCUT2D eigenvalue weighted by atomic mass is 32.1. The second-order valence-electron chi connectivity index (χ2n) is 4.52. The van der Waals surface area contributed by atoms with E-state index in [4.69, 9.17) is 9.47 Å². The monoisotopic (exact) mass is 276 g/mol. The van der Waals surface area contributed by atoms with E-state index in [1.54, 1.807) is 11.3 Å². The van der Waals surface area contributed by atoms with Gasteiger partial charge in [0.05, 0.1) is 11.2 Å². The van der Waals surface area contributed by atoms with Gasteiger partial charge in [-0.15, -0.1) is 11.3 Å². The summed E-state index contributed by atoms with van der Waals surface area (Å²) in [5, 5.41) is 5.59. The highest BCUT2D eigenvalue weighted by Gasteiger charge is 2.15. The smallest absolute Gasteiger partial charge is 0.231 e. The van der Waals surface area contributed by atoms with Crippen molar-refractivity contribution in [1.82, 2.24) is 10.3 Å². The second kappa shape index (κ2) is 5.59. The van der Waals surface area contributed by atoms with Crippen LogP contribution < -0.4 is 14.8 Å². The van der Waals surface area contributed by atoms with Gasteiger partial charge in [-0.3, -0.25) is 0 Å². The van der Waals surface area contributed by atoms with Gasteiger partial charge in [-0.2, -0.15) is 0 Å². The summed E-state index contributed by atoms with van der Waals surface area (Å²) in [5.41, 5.74) is 4.23. The second-order valence-corrected chi connectivity index (χ2v) is 5.24. The number of nitrogens with zero attached hydrogens (tertiary/aromatic N) is 1. The zero-order valence-electron chi connectivity index (χ0n) is 10.8. The van der Waals surface area contributed by atoms with Gasteiger partial charge in [0.25, 0.3) is 0 Å². The van der Waals surface area contributed by atoms with E-state index in [2.05, 4.69) is 28.7 Å². The number of aromatic nitrogens is 1. The molecule has 1 aliphatic rings. The minimum atomic E-state index is 0.285. The Morgan fingerprint density at radius 1 is 1.37 bits per heavy atom. The summed E-state index contributed by atoms with van der Waals surface area (Å²) < 4.78 is 10.7. The molecule has 2 heterocycles. The molecule has 0 fully saturated rings. The van der Waals surface area contributed by atoms with Gasteiger partial charge in [0.2, 0.25) is 6.79 Å². The number of benzene rings is 1. The molecule has 0 radical (unpaired) electrons. The minimum absolute atomic E-state index is 0.285. The van der Waals surface area contributed by atoms with Gasteiger partial charge in [-0.25, -0.2) is 4.98 Å². The summed E-state index contributed by atoms with van der Waals surface area (Å²) in [6.45, 7) is 3.39. The van der Waals surface area contributed by atoms with Crippen molar-refractivity contribution in [3.8, 4) is 11.5 Å². The molecule has 1 unspecified atom stereocenters. The molecule has 0 spiro atoms. The quantitative estimate of drug-likeness (QED) is 0.912. The Kier molecular flexibility index (Phi) is 3.66. The maximum Gasteiger partial charge on any atom is 0.231 e. The van der Waals surface area contributed by atoms with E-state index in [0.29, 0.717) is 6.79 Å². The van der Waals surface area contributed by atoms with Crippen molar-refractivity contribution in [2.24, 2.45) is 0 Å². The number of rotatable bonds is 5. The van der Waals surface area contributed by atoms with Crippen LogP contribution in [0.25, 0.3) is 0 Å². The third-order valence-electron chi connectivity index (χ3n) is 3.21. The maximum absolute atomic E-state index is 5.39. The fourth-order valence-corrected chi connectivity index (χ4v) is 2.67. The van der Waals surface area contributed by atoms with Crippen LogP contribution in [0, 0.1) is 0 Å². The summed E-state index contributed by atoms with van der Waals surface area (Å²) in [4.78, 5) is 4.28. The van der Waals surface area contributed by atoms with Gasteiger partial charge in [-0.05, 0) is 24.6 Å². The normalized spacial score (nSPS) is 14.6. The van der Waals surface area contributed by atoms with Crippen molar-refractivity contribution in [1.29, 1.82) is 0 Å². The molecular formula is C14H16N2O2S. The maximum atomic E-state index is 5.39. The molecule has 1 aromatic heterocycles. The Bertz CT molecular complexity index is 542. The van der Waals surface area contributed by atoms with E-state index in [9.17, 15) is 0 Å². The van der Waals surface area contributed by atoms with Crippen LogP contribution in [0.5, 0.6) is 11.5 Å². The molecule has 0 aliphatic carbocycles. The van der Waals surface area contributed by atoms with E-state index in [-0.39, 0.29) is 6.04 Å². The molecule has 100 valence electrons. The zero-order valence-corrected chi connectivity index (χ0v) is 11.6. The highest BCUT2D eigenvalue weighted by molar-refractivity contribution is 7.07. The molecule has 0 saturated carbocycles. The summed E-state index contributed by atoms with van der Waals surface area (Å²) in [6.07, 6.45) is 0.957. The van der Waals surface area contributed by atoms with Crippen LogP contribution in [0.3, 0.4) is 0 Å². The molecule has 0 saturated heterocycles. The van der Waals surface area contributed by atoms with E-state index in [0.717, 1.165) is 30.2 Å². The first-order valence-corrected chi connectivity index (χ1v) is 7.27. The Morgan fingerprint density at radius 3 is 3.11 bits per heavy atom. The number of thiazole rings is 1. The Balaban J connectivity index is 1.56. The molecule has 0 bridgehead atoms. The van der Waals surface area contributed by atoms with E-state index < -0.39 is 0 Å². The lowest BCUT2D eigenvalue weighted by Gasteiger charge is -2.14. The van der Waals surface area contributed by atoms with Crippen LogP contribution in [0.15, 0.2) is 29.1 Å². The Hall–Kier alpha value is -1.59. The van der Waals surface area contributed by atoms with Gasteiger partial charge in [0.15, 0.2) is 11.5 Å². The average Bonchev–Trinajstić information content (AvgIpc) is 3.08. The Morgan fingerprint density at radius 2 is 2.26 bits per heavy atom. The molecule has 19 heavy (non-hydrogen) atoms. The van der Waals surface area contributed by atoms with Gasteiger partial charge < -0.3 is 14.8 Å².